The lowest BCUT2D eigenvalue weighted by atomic mass is 10.1. The third kappa shape index (κ3) is 3.48. The maximum Gasteiger partial charge on any atom is 0.293 e. The lowest BCUT2D eigenvalue weighted by Gasteiger charge is -2.17. The van der Waals surface area contributed by atoms with Gasteiger partial charge < -0.3 is 15.2 Å². The molecule has 1 amide bonds. The lowest BCUT2D eigenvalue weighted by Crippen LogP contribution is -2.24. The number of aromatic nitrogens is 1. The van der Waals surface area contributed by atoms with Gasteiger partial charge in [-0.2, -0.15) is 0 Å². The van der Waals surface area contributed by atoms with E-state index in [0.717, 1.165) is 42.5 Å². The van der Waals surface area contributed by atoms with Crippen LogP contribution >= 0.6 is 0 Å². The first-order chi connectivity index (χ1) is 13.1. The van der Waals surface area contributed by atoms with Gasteiger partial charge in [-0.05, 0) is 42.5 Å². The van der Waals surface area contributed by atoms with Gasteiger partial charge in [-0.1, -0.05) is 18.2 Å². The number of carbonyl (C=O) groups is 1. The van der Waals surface area contributed by atoms with Crippen LogP contribution in [0.1, 0.15) is 28.9 Å². The Balaban J connectivity index is 1.50. The van der Waals surface area contributed by atoms with Crippen molar-refractivity contribution in [2.45, 2.75) is 19.4 Å². The van der Waals surface area contributed by atoms with Gasteiger partial charge in [0.25, 0.3) is 11.6 Å². The second-order valence-electron chi connectivity index (χ2n) is 6.72. The summed E-state index contributed by atoms with van der Waals surface area (Å²) < 4.78 is 0. The number of fused-ring (bicyclic) bond motifs is 1. The van der Waals surface area contributed by atoms with Gasteiger partial charge in [0.05, 0.1) is 11.5 Å². The number of rotatable bonds is 5. The number of nitrogens with zero attached hydrogens (tertiary/aromatic N) is 2. The molecule has 0 unspecified atom stereocenters. The van der Waals surface area contributed by atoms with Crippen LogP contribution in [-0.2, 0) is 6.54 Å². The molecule has 7 nitrogen and oxygen atoms in total. The number of anilines is 1. The van der Waals surface area contributed by atoms with Crippen LogP contribution in [0.3, 0.4) is 0 Å². The minimum Gasteiger partial charge on any atom is -0.366 e. The largest absolute Gasteiger partial charge is 0.366 e. The summed E-state index contributed by atoms with van der Waals surface area (Å²) in [7, 11) is 0. The molecule has 3 aromatic rings. The number of hydrogen-bond donors (Lipinski definition) is 2. The fraction of sp³-hybridized carbons (Fsp3) is 0.250. The quantitative estimate of drug-likeness (QED) is 0.534. The summed E-state index contributed by atoms with van der Waals surface area (Å²) in [6.45, 7) is 1.95. The summed E-state index contributed by atoms with van der Waals surface area (Å²) >= 11 is 0. The van der Waals surface area contributed by atoms with Crippen molar-refractivity contribution in [1.82, 2.24) is 10.3 Å². The van der Waals surface area contributed by atoms with Crippen molar-refractivity contribution in [3.63, 3.8) is 0 Å². The first-order valence-corrected chi connectivity index (χ1v) is 9.00. The van der Waals surface area contributed by atoms with Crippen molar-refractivity contribution in [1.29, 1.82) is 0 Å². The topological polar surface area (TPSA) is 91.3 Å². The standard InChI is InChI=1S/C20H20N4O3/c25-20(21-13-16-11-14-5-1-2-6-17(14)22-16)15-7-8-18(19(12-15)24(26)27)23-9-3-4-10-23/h1-2,5-8,11-12,22H,3-4,9-10,13H2,(H,21,25). The van der Waals surface area contributed by atoms with Crippen LogP contribution in [0.4, 0.5) is 11.4 Å². The zero-order chi connectivity index (χ0) is 18.8. The van der Waals surface area contributed by atoms with E-state index in [0.29, 0.717) is 17.8 Å². The number of para-hydroxylation sites is 1. The minimum absolute atomic E-state index is 0.0184. The number of nitro groups is 1. The number of benzene rings is 2. The predicted octanol–water partition coefficient (Wildman–Crippen LogP) is 3.61. The average molecular weight is 364 g/mol. The highest BCUT2D eigenvalue weighted by Crippen LogP contribution is 2.31. The maximum atomic E-state index is 12.5. The zero-order valence-electron chi connectivity index (χ0n) is 14.8. The van der Waals surface area contributed by atoms with Gasteiger partial charge in [0, 0.05) is 35.9 Å². The first kappa shape index (κ1) is 17.1. The Bertz CT molecular complexity index is 972. The summed E-state index contributed by atoms with van der Waals surface area (Å²) in [5, 5.41) is 15.4. The van der Waals surface area contributed by atoms with Crippen molar-refractivity contribution >= 4 is 28.2 Å². The highest BCUT2D eigenvalue weighted by Gasteiger charge is 2.23. The Morgan fingerprint density at radius 2 is 1.93 bits per heavy atom. The molecule has 0 saturated carbocycles. The molecule has 2 aromatic carbocycles. The van der Waals surface area contributed by atoms with Gasteiger partial charge in [0.2, 0.25) is 0 Å². The zero-order valence-corrected chi connectivity index (χ0v) is 14.8. The van der Waals surface area contributed by atoms with Crippen molar-refractivity contribution in [3.05, 3.63) is 69.9 Å². The highest BCUT2D eigenvalue weighted by atomic mass is 16.6. The van der Waals surface area contributed by atoms with E-state index in [9.17, 15) is 14.9 Å². The Morgan fingerprint density at radius 3 is 2.67 bits per heavy atom. The molecule has 4 rings (SSSR count). The van der Waals surface area contributed by atoms with Crippen LogP contribution < -0.4 is 10.2 Å². The average Bonchev–Trinajstić information content (AvgIpc) is 3.34. The Kier molecular flexibility index (Phi) is 4.50. The van der Waals surface area contributed by atoms with Crippen LogP contribution in [0.2, 0.25) is 0 Å². The van der Waals surface area contributed by atoms with Crippen molar-refractivity contribution in [3.8, 4) is 0 Å². The van der Waals surface area contributed by atoms with E-state index in [2.05, 4.69) is 10.3 Å². The normalized spacial score (nSPS) is 13.9. The highest BCUT2D eigenvalue weighted by molar-refractivity contribution is 5.95. The molecule has 0 spiro atoms. The van der Waals surface area contributed by atoms with Gasteiger partial charge in [0.15, 0.2) is 0 Å². The van der Waals surface area contributed by atoms with Gasteiger partial charge >= 0.3 is 0 Å². The summed E-state index contributed by atoms with van der Waals surface area (Å²) in [6.07, 6.45) is 2.06. The molecular weight excluding hydrogens is 344 g/mol. The van der Waals surface area contributed by atoms with Gasteiger partial charge in [-0.25, -0.2) is 0 Å². The monoisotopic (exact) mass is 364 g/mol. The number of aromatic amines is 1. The summed E-state index contributed by atoms with van der Waals surface area (Å²) in [4.78, 5) is 28.8. The number of nitrogens with one attached hydrogen (secondary N) is 2. The summed E-state index contributed by atoms with van der Waals surface area (Å²) in [5.74, 6) is -0.329. The smallest absolute Gasteiger partial charge is 0.293 e. The molecule has 0 radical (unpaired) electrons. The summed E-state index contributed by atoms with van der Waals surface area (Å²) in [6, 6.07) is 14.6. The van der Waals surface area contributed by atoms with Crippen LogP contribution in [0.25, 0.3) is 10.9 Å². The third-order valence-electron chi connectivity index (χ3n) is 4.91. The van der Waals surface area contributed by atoms with E-state index in [1.807, 2.05) is 35.2 Å². The molecule has 0 aliphatic carbocycles. The van der Waals surface area contributed by atoms with Crippen LogP contribution in [0.5, 0.6) is 0 Å². The molecule has 1 saturated heterocycles. The van der Waals surface area contributed by atoms with E-state index < -0.39 is 4.92 Å². The fourth-order valence-electron chi connectivity index (χ4n) is 3.54. The molecule has 2 heterocycles. The molecule has 2 N–H and O–H groups in total. The second-order valence-corrected chi connectivity index (χ2v) is 6.72. The Morgan fingerprint density at radius 1 is 1.15 bits per heavy atom. The predicted molar refractivity (Wildman–Crippen MR) is 104 cm³/mol. The molecule has 27 heavy (non-hydrogen) atoms. The first-order valence-electron chi connectivity index (χ1n) is 9.00. The lowest BCUT2D eigenvalue weighted by molar-refractivity contribution is -0.384. The molecule has 1 fully saturated rings. The van der Waals surface area contributed by atoms with Crippen molar-refractivity contribution < 1.29 is 9.72 Å². The van der Waals surface area contributed by atoms with E-state index in [-0.39, 0.29) is 11.6 Å². The molecular formula is C20H20N4O3. The maximum absolute atomic E-state index is 12.5. The second kappa shape index (κ2) is 7.11. The van der Waals surface area contributed by atoms with E-state index in [1.54, 1.807) is 12.1 Å². The van der Waals surface area contributed by atoms with Crippen molar-refractivity contribution in [2.75, 3.05) is 18.0 Å². The molecule has 1 aromatic heterocycles. The number of hydrogen-bond acceptors (Lipinski definition) is 4. The Hall–Kier alpha value is -3.35. The van der Waals surface area contributed by atoms with E-state index >= 15 is 0 Å². The fourth-order valence-corrected chi connectivity index (χ4v) is 3.54. The van der Waals surface area contributed by atoms with Crippen LogP contribution in [0.15, 0.2) is 48.5 Å². The SMILES string of the molecule is O=C(NCc1cc2ccccc2[nH]1)c1ccc(N2CCCC2)c([N+](=O)[O-])c1. The van der Waals surface area contributed by atoms with Crippen LogP contribution in [0, 0.1) is 10.1 Å². The van der Waals surface area contributed by atoms with Crippen LogP contribution in [-0.4, -0.2) is 28.9 Å². The molecule has 7 heteroatoms. The molecule has 1 aliphatic heterocycles. The van der Waals surface area contributed by atoms with Gasteiger partial charge in [0.1, 0.15) is 5.69 Å². The van der Waals surface area contributed by atoms with E-state index in [4.69, 9.17) is 0 Å². The Labute approximate surface area is 156 Å². The number of carbonyl (C=O) groups excluding carboxylic acids is 1. The molecule has 138 valence electrons. The number of H-pyrrole nitrogens is 1. The molecule has 0 atom stereocenters. The number of amides is 1. The molecule has 0 bridgehead atoms. The van der Waals surface area contributed by atoms with Gasteiger partial charge in [-0.3, -0.25) is 14.9 Å². The van der Waals surface area contributed by atoms with E-state index in [1.165, 1.54) is 6.07 Å². The third-order valence-corrected chi connectivity index (χ3v) is 4.91. The minimum atomic E-state index is -0.415. The van der Waals surface area contributed by atoms with Crippen molar-refractivity contribution in [2.24, 2.45) is 0 Å². The number of nitro benzene ring substituents is 1. The summed E-state index contributed by atoms with van der Waals surface area (Å²) in [5.41, 5.74) is 2.75. The van der Waals surface area contributed by atoms with Gasteiger partial charge in [-0.15, -0.1) is 0 Å². The molecule has 1 aliphatic rings.